The molecule has 0 atom stereocenters. The predicted octanol–water partition coefficient (Wildman–Crippen LogP) is 2.49. The Morgan fingerprint density at radius 2 is 2.08 bits per heavy atom. The summed E-state index contributed by atoms with van der Waals surface area (Å²) < 4.78 is 26.0. The molecule has 1 N–H and O–H groups in total. The van der Waals surface area contributed by atoms with Gasteiger partial charge in [-0.05, 0) is 47.6 Å². The van der Waals surface area contributed by atoms with Crippen LogP contribution < -0.4 is 5.32 Å². The molecule has 0 unspecified atom stereocenters. The number of hydrogen-bond donors (Lipinski definition) is 1. The van der Waals surface area contributed by atoms with Gasteiger partial charge < -0.3 is 5.32 Å². The Hall–Kier alpha value is -0.480. The standard InChI is InChI=1S/C9H10BrF2N/c1-13-5-4-6-2-3-7(11)8(10)9(6)12/h2-3,13H,4-5H2,1H3. The molecule has 0 aliphatic heterocycles. The van der Waals surface area contributed by atoms with E-state index in [1.165, 1.54) is 12.1 Å². The smallest absolute Gasteiger partial charge is 0.143 e. The van der Waals surface area contributed by atoms with Gasteiger partial charge in [0.25, 0.3) is 0 Å². The lowest BCUT2D eigenvalue weighted by Gasteiger charge is -2.04. The van der Waals surface area contributed by atoms with Gasteiger partial charge in [-0.15, -0.1) is 0 Å². The molecular formula is C9H10BrF2N. The third-order valence-electron chi connectivity index (χ3n) is 1.76. The van der Waals surface area contributed by atoms with E-state index < -0.39 is 11.6 Å². The highest BCUT2D eigenvalue weighted by Crippen LogP contribution is 2.22. The number of rotatable bonds is 3. The van der Waals surface area contributed by atoms with E-state index in [4.69, 9.17) is 0 Å². The van der Waals surface area contributed by atoms with Crippen molar-refractivity contribution in [2.45, 2.75) is 6.42 Å². The molecule has 0 bridgehead atoms. The summed E-state index contributed by atoms with van der Waals surface area (Å²) in [7, 11) is 1.79. The van der Waals surface area contributed by atoms with Gasteiger partial charge in [0, 0.05) is 0 Å². The van der Waals surface area contributed by atoms with Crippen molar-refractivity contribution in [3.63, 3.8) is 0 Å². The molecule has 0 aliphatic carbocycles. The van der Waals surface area contributed by atoms with E-state index >= 15 is 0 Å². The summed E-state index contributed by atoms with van der Waals surface area (Å²) in [6.07, 6.45) is 0.557. The molecule has 0 spiro atoms. The topological polar surface area (TPSA) is 12.0 Å². The second kappa shape index (κ2) is 4.67. The van der Waals surface area contributed by atoms with Crippen LogP contribution in [0.5, 0.6) is 0 Å². The summed E-state index contributed by atoms with van der Waals surface area (Å²) in [5.74, 6) is -1.07. The van der Waals surface area contributed by atoms with Crippen molar-refractivity contribution in [3.05, 3.63) is 33.8 Å². The number of hydrogen-bond acceptors (Lipinski definition) is 1. The van der Waals surface area contributed by atoms with Gasteiger partial charge in [0.15, 0.2) is 0 Å². The van der Waals surface area contributed by atoms with Crippen LogP contribution in [0.15, 0.2) is 16.6 Å². The van der Waals surface area contributed by atoms with Gasteiger partial charge in [0.2, 0.25) is 0 Å². The second-order valence-corrected chi connectivity index (χ2v) is 3.48. The maximum atomic E-state index is 13.3. The molecule has 0 saturated carbocycles. The second-order valence-electron chi connectivity index (χ2n) is 2.69. The molecule has 1 nitrogen and oxygen atoms in total. The van der Waals surface area contributed by atoms with Crippen LogP contribution in [0.2, 0.25) is 0 Å². The average molecular weight is 250 g/mol. The summed E-state index contributed by atoms with van der Waals surface area (Å²) in [6, 6.07) is 2.73. The Morgan fingerprint density at radius 1 is 1.38 bits per heavy atom. The predicted molar refractivity (Wildman–Crippen MR) is 51.7 cm³/mol. The van der Waals surface area contributed by atoms with E-state index in [1.807, 2.05) is 0 Å². The third kappa shape index (κ3) is 2.48. The SMILES string of the molecule is CNCCc1ccc(F)c(Br)c1F. The molecule has 4 heteroatoms. The first-order valence-corrected chi connectivity index (χ1v) is 4.73. The van der Waals surface area contributed by atoms with E-state index in [0.717, 1.165) is 0 Å². The van der Waals surface area contributed by atoms with Crippen molar-refractivity contribution in [2.75, 3.05) is 13.6 Å². The minimum absolute atomic E-state index is 0.0823. The number of nitrogens with one attached hydrogen (secondary N) is 1. The van der Waals surface area contributed by atoms with Crippen molar-refractivity contribution < 1.29 is 8.78 Å². The normalized spacial score (nSPS) is 10.5. The Balaban J connectivity index is 2.90. The minimum atomic E-state index is -0.564. The molecular weight excluding hydrogens is 240 g/mol. The lowest BCUT2D eigenvalue weighted by Crippen LogP contribution is -2.11. The first kappa shape index (κ1) is 10.6. The molecule has 0 amide bonds. The highest BCUT2D eigenvalue weighted by Gasteiger charge is 2.09. The third-order valence-corrected chi connectivity index (χ3v) is 2.49. The largest absolute Gasteiger partial charge is 0.319 e. The van der Waals surface area contributed by atoms with E-state index in [0.29, 0.717) is 18.5 Å². The quantitative estimate of drug-likeness (QED) is 0.812. The summed E-state index contributed by atoms with van der Waals surface area (Å²) in [5.41, 5.74) is 0.516. The Morgan fingerprint density at radius 3 is 2.69 bits per heavy atom. The fraction of sp³-hybridized carbons (Fsp3) is 0.333. The zero-order valence-electron chi connectivity index (χ0n) is 7.20. The highest BCUT2D eigenvalue weighted by atomic mass is 79.9. The molecule has 0 aromatic heterocycles. The Bertz CT molecular complexity index is 302. The van der Waals surface area contributed by atoms with Crippen molar-refractivity contribution in [1.82, 2.24) is 5.32 Å². The zero-order chi connectivity index (χ0) is 9.84. The van der Waals surface area contributed by atoms with Gasteiger partial charge in [0.05, 0.1) is 4.47 Å². The van der Waals surface area contributed by atoms with E-state index in [-0.39, 0.29) is 4.47 Å². The van der Waals surface area contributed by atoms with Gasteiger partial charge in [-0.25, -0.2) is 8.78 Å². The van der Waals surface area contributed by atoms with Crippen molar-refractivity contribution >= 4 is 15.9 Å². The maximum Gasteiger partial charge on any atom is 0.143 e. The van der Waals surface area contributed by atoms with Gasteiger partial charge in [0.1, 0.15) is 11.6 Å². The lowest BCUT2D eigenvalue weighted by molar-refractivity contribution is 0.558. The van der Waals surface area contributed by atoms with Gasteiger partial charge >= 0.3 is 0 Å². The molecule has 1 rings (SSSR count). The fourth-order valence-corrected chi connectivity index (χ4v) is 1.41. The summed E-state index contributed by atoms with van der Waals surface area (Å²) in [4.78, 5) is 0. The Labute approximate surface area is 84.3 Å². The van der Waals surface area contributed by atoms with Gasteiger partial charge in [-0.1, -0.05) is 6.07 Å². The number of benzene rings is 1. The molecule has 72 valence electrons. The van der Waals surface area contributed by atoms with Gasteiger partial charge in [-0.3, -0.25) is 0 Å². The first-order chi connectivity index (χ1) is 6.16. The molecule has 13 heavy (non-hydrogen) atoms. The number of halogens is 3. The minimum Gasteiger partial charge on any atom is -0.319 e. The van der Waals surface area contributed by atoms with E-state index in [2.05, 4.69) is 21.2 Å². The van der Waals surface area contributed by atoms with Gasteiger partial charge in [-0.2, -0.15) is 0 Å². The first-order valence-electron chi connectivity index (χ1n) is 3.93. The van der Waals surface area contributed by atoms with Crippen molar-refractivity contribution in [1.29, 1.82) is 0 Å². The molecule has 1 aromatic carbocycles. The van der Waals surface area contributed by atoms with Crippen LogP contribution >= 0.6 is 15.9 Å². The maximum absolute atomic E-state index is 13.3. The molecule has 0 radical (unpaired) electrons. The summed E-state index contributed by atoms with van der Waals surface area (Å²) in [5, 5.41) is 2.90. The average Bonchev–Trinajstić information content (AvgIpc) is 2.13. The van der Waals surface area contributed by atoms with Crippen LogP contribution in [0, 0.1) is 11.6 Å². The van der Waals surface area contributed by atoms with Crippen LogP contribution in [0.3, 0.4) is 0 Å². The van der Waals surface area contributed by atoms with E-state index in [9.17, 15) is 8.78 Å². The molecule has 0 fully saturated rings. The van der Waals surface area contributed by atoms with Crippen LogP contribution in [-0.2, 0) is 6.42 Å². The van der Waals surface area contributed by atoms with Crippen LogP contribution in [0.1, 0.15) is 5.56 Å². The lowest BCUT2D eigenvalue weighted by atomic mass is 10.1. The molecule has 0 saturated heterocycles. The van der Waals surface area contributed by atoms with Crippen molar-refractivity contribution in [2.24, 2.45) is 0 Å². The van der Waals surface area contributed by atoms with Crippen LogP contribution in [-0.4, -0.2) is 13.6 Å². The summed E-state index contributed by atoms with van der Waals surface area (Å²) in [6.45, 7) is 0.676. The van der Waals surface area contributed by atoms with Crippen LogP contribution in [0.25, 0.3) is 0 Å². The number of likely N-dealkylation sites (N-methyl/N-ethyl adjacent to an activating group) is 1. The monoisotopic (exact) mass is 249 g/mol. The zero-order valence-corrected chi connectivity index (χ0v) is 8.79. The molecule has 0 aliphatic rings. The van der Waals surface area contributed by atoms with Crippen LogP contribution in [0.4, 0.5) is 8.78 Å². The van der Waals surface area contributed by atoms with E-state index in [1.54, 1.807) is 7.05 Å². The molecule has 1 aromatic rings. The molecule has 0 heterocycles. The summed E-state index contributed by atoms with van der Waals surface area (Å²) >= 11 is 2.85. The fourth-order valence-electron chi connectivity index (χ4n) is 1.02. The van der Waals surface area contributed by atoms with Crippen molar-refractivity contribution in [3.8, 4) is 0 Å². The highest BCUT2D eigenvalue weighted by molar-refractivity contribution is 9.10. The Kier molecular flexibility index (Phi) is 3.81.